The van der Waals surface area contributed by atoms with Gasteiger partial charge >= 0.3 is 5.97 Å². The Morgan fingerprint density at radius 3 is 2.52 bits per heavy atom. The second-order valence-corrected chi connectivity index (χ2v) is 5.96. The number of hydrogen-bond donors (Lipinski definition) is 2. The van der Waals surface area contributed by atoms with Gasteiger partial charge in [0.25, 0.3) is 0 Å². The lowest BCUT2D eigenvalue weighted by Gasteiger charge is -2.23. The van der Waals surface area contributed by atoms with Gasteiger partial charge in [-0.3, -0.25) is 9.59 Å². The topological polar surface area (TPSA) is 66.4 Å². The third-order valence-electron chi connectivity index (χ3n) is 4.51. The zero-order valence-electron chi connectivity index (χ0n) is 11.7. The maximum Gasteiger partial charge on any atom is 0.305 e. The van der Waals surface area contributed by atoms with Crippen molar-refractivity contribution in [2.45, 2.75) is 25.3 Å². The van der Waals surface area contributed by atoms with E-state index in [-0.39, 0.29) is 18.2 Å². The van der Waals surface area contributed by atoms with Crippen molar-refractivity contribution in [3.05, 3.63) is 48.0 Å². The van der Waals surface area contributed by atoms with Gasteiger partial charge in [-0.15, -0.1) is 0 Å². The van der Waals surface area contributed by atoms with E-state index in [1.165, 1.54) is 0 Å². The molecule has 3 rings (SSSR count). The Labute approximate surface area is 123 Å². The third kappa shape index (κ3) is 2.99. The molecule has 4 unspecified atom stereocenters. The van der Waals surface area contributed by atoms with Crippen molar-refractivity contribution in [1.29, 1.82) is 0 Å². The highest BCUT2D eigenvalue weighted by atomic mass is 16.4. The van der Waals surface area contributed by atoms with Crippen LogP contribution in [0, 0.1) is 17.8 Å². The molecule has 0 aliphatic heterocycles. The predicted molar refractivity (Wildman–Crippen MR) is 78.4 cm³/mol. The molecular weight excluding hydrogens is 266 g/mol. The molecular formula is C17H19NO3. The summed E-state index contributed by atoms with van der Waals surface area (Å²) in [5, 5.41) is 12.0. The van der Waals surface area contributed by atoms with Gasteiger partial charge in [-0.1, -0.05) is 42.5 Å². The molecule has 2 aliphatic rings. The molecule has 0 radical (unpaired) electrons. The summed E-state index contributed by atoms with van der Waals surface area (Å²) >= 11 is 0. The van der Waals surface area contributed by atoms with E-state index in [2.05, 4.69) is 17.5 Å². The Kier molecular flexibility index (Phi) is 3.78. The largest absolute Gasteiger partial charge is 0.481 e. The Hall–Kier alpha value is -2.10. The van der Waals surface area contributed by atoms with E-state index in [9.17, 15) is 9.59 Å². The number of nitrogens with one attached hydrogen (secondary N) is 1. The molecule has 110 valence electrons. The van der Waals surface area contributed by atoms with Crippen molar-refractivity contribution < 1.29 is 14.7 Å². The van der Waals surface area contributed by atoms with Crippen LogP contribution in [0.3, 0.4) is 0 Å². The maximum atomic E-state index is 12.5. The number of carboxylic acid groups (broad SMARTS) is 1. The molecule has 0 aromatic heterocycles. The van der Waals surface area contributed by atoms with Crippen molar-refractivity contribution >= 4 is 11.9 Å². The molecule has 4 heteroatoms. The molecule has 2 N–H and O–H groups in total. The summed E-state index contributed by atoms with van der Waals surface area (Å²) in [6.45, 7) is 0. The lowest BCUT2D eigenvalue weighted by molar-refractivity contribution is -0.138. The number of aliphatic carboxylic acids is 1. The first-order valence-corrected chi connectivity index (χ1v) is 7.39. The average molecular weight is 285 g/mol. The minimum absolute atomic E-state index is 0.00000661. The van der Waals surface area contributed by atoms with Crippen LogP contribution in [0.15, 0.2) is 42.5 Å². The summed E-state index contributed by atoms with van der Waals surface area (Å²) in [6, 6.07) is 8.85. The van der Waals surface area contributed by atoms with Gasteiger partial charge in [-0.2, -0.15) is 0 Å². The first-order valence-electron chi connectivity index (χ1n) is 7.39. The molecule has 1 fully saturated rings. The summed E-state index contributed by atoms with van der Waals surface area (Å²) in [5.41, 5.74) is 0.840. The Balaban J connectivity index is 1.71. The van der Waals surface area contributed by atoms with Crippen molar-refractivity contribution in [3.8, 4) is 0 Å². The van der Waals surface area contributed by atoms with Gasteiger partial charge in [0.2, 0.25) is 5.91 Å². The summed E-state index contributed by atoms with van der Waals surface area (Å²) in [4.78, 5) is 23.5. The number of carbonyl (C=O) groups is 2. The molecule has 1 saturated carbocycles. The van der Waals surface area contributed by atoms with Gasteiger partial charge in [0.1, 0.15) is 0 Å². The maximum absolute atomic E-state index is 12.5. The normalized spacial score (nSPS) is 27.5. The highest BCUT2D eigenvalue weighted by Gasteiger charge is 2.40. The van der Waals surface area contributed by atoms with Gasteiger partial charge in [-0.05, 0) is 30.2 Å². The number of carbonyl (C=O) groups excluding carboxylic acids is 1. The molecule has 1 aromatic carbocycles. The van der Waals surface area contributed by atoms with Crippen LogP contribution < -0.4 is 5.32 Å². The highest BCUT2D eigenvalue weighted by molar-refractivity contribution is 5.81. The summed E-state index contributed by atoms with van der Waals surface area (Å²) in [6.07, 6.45) is 6.19. The van der Waals surface area contributed by atoms with Gasteiger partial charge in [0, 0.05) is 5.92 Å². The van der Waals surface area contributed by atoms with E-state index in [1.54, 1.807) is 0 Å². The first kappa shape index (κ1) is 13.9. The second-order valence-electron chi connectivity index (χ2n) is 5.96. The van der Waals surface area contributed by atoms with Crippen molar-refractivity contribution in [3.63, 3.8) is 0 Å². The number of hydrogen-bond acceptors (Lipinski definition) is 2. The lowest BCUT2D eigenvalue weighted by atomic mass is 9.92. The molecule has 0 saturated heterocycles. The van der Waals surface area contributed by atoms with Crippen molar-refractivity contribution in [2.75, 3.05) is 0 Å². The first-order chi connectivity index (χ1) is 10.1. The van der Waals surface area contributed by atoms with Crippen LogP contribution in [0.25, 0.3) is 0 Å². The standard InChI is InChI=1S/C17H19NO3/c19-16(20)10-15(12-4-2-1-3-5-12)18-17(21)14-9-11-6-7-13(14)8-11/h1-7,11,13-15H,8-10H2,(H,18,21)(H,19,20). The van der Waals surface area contributed by atoms with E-state index < -0.39 is 12.0 Å². The molecule has 1 aromatic rings. The van der Waals surface area contributed by atoms with Gasteiger partial charge in [0.15, 0.2) is 0 Å². The SMILES string of the molecule is O=C(O)CC(NC(=O)C1CC2C=CC1C2)c1ccccc1. The Morgan fingerprint density at radius 2 is 1.95 bits per heavy atom. The zero-order valence-corrected chi connectivity index (χ0v) is 11.7. The number of rotatable bonds is 5. The summed E-state index contributed by atoms with van der Waals surface area (Å²) < 4.78 is 0. The number of carboxylic acids is 1. The van der Waals surface area contributed by atoms with Crippen LogP contribution >= 0.6 is 0 Å². The Morgan fingerprint density at radius 1 is 1.19 bits per heavy atom. The van der Waals surface area contributed by atoms with E-state index >= 15 is 0 Å². The molecule has 2 aliphatic carbocycles. The molecule has 1 amide bonds. The molecule has 2 bridgehead atoms. The number of fused-ring (bicyclic) bond motifs is 2. The van der Waals surface area contributed by atoms with Crippen LogP contribution in [-0.4, -0.2) is 17.0 Å². The molecule has 0 spiro atoms. The highest BCUT2D eigenvalue weighted by Crippen LogP contribution is 2.43. The molecule has 21 heavy (non-hydrogen) atoms. The number of allylic oxidation sites excluding steroid dienone is 2. The van der Waals surface area contributed by atoms with Gasteiger partial charge in [-0.25, -0.2) is 0 Å². The molecule has 4 nitrogen and oxygen atoms in total. The average Bonchev–Trinajstić information content (AvgIpc) is 3.09. The van der Waals surface area contributed by atoms with Gasteiger partial charge in [0.05, 0.1) is 12.5 Å². The summed E-state index contributed by atoms with van der Waals surface area (Å²) in [5.74, 6) is -0.0596. The van der Waals surface area contributed by atoms with Crippen molar-refractivity contribution in [2.24, 2.45) is 17.8 Å². The monoisotopic (exact) mass is 285 g/mol. The quantitative estimate of drug-likeness (QED) is 0.817. The molecule has 4 atom stereocenters. The van der Waals surface area contributed by atoms with Crippen LogP contribution in [-0.2, 0) is 9.59 Å². The van der Waals surface area contributed by atoms with E-state index in [0.717, 1.165) is 18.4 Å². The fourth-order valence-corrected chi connectivity index (χ4v) is 3.47. The second kappa shape index (κ2) is 5.72. The summed E-state index contributed by atoms with van der Waals surface area (Å²) in [7, 11) is 0. The molecule has 0 heterocycles. The minimum atomic E-state index is -0.906. The van der Waals surface area contributed by atoms with Crippen molar-refractivity contribution in [1.82, 2.24) is 5.32 Å². The predicted octanol–water partition coefficient (Wildman–Crippen LogP) is 2.53. The van der Waals surface area contributed by atoms with Crippen LogP contribution in [0.2, 0.25) is 0 Å². The number of benzene rings is 1. The fourth-order valence-electron chi connectivity index (χ4n) is 3.47. The fraction of sp³-hybridized carbons (Fsp3) is 0.412. The van der Waals surface area contributed by atoms with E-state index in [4.69, 9.17) is 5.11 Å². The van der Waals surface area contributed by atoms with E-state index in [1.807, 2.05) is 30.3 Å². The van der Waals surface area contributed by atoms with E-state index in [0.29, 0.717) is 11.8 Å². The van der Waals surface area contributed by atoms with Crippen LogP contribution in [0.5, 0.6) is 0 Å². The van der Waals surface area contributed by atoms with Gasteiger partial charge < -0.3 is 10.4 Å². The van der Waals surface area contributed by atoms with Crippen LogP contribution in [0.1, 0.15) is 30.9 Å². The zero-order chi connectivity index (χ0) is 14.8. The smallest absolute Gasteiger partial charge is 0.305 e. The van der Waals surface area contributed by atoms with Crippen LogP contribution in [0.4, 0.5) is 0 Å². The number of amides is 1. The Bertz CT molecular complexity index is 567. The minimum Gasteiger partial charge on any atom is -0.481 e. The third-order valence-corrected chi connectivity index (χ3v) is 4.51. The lowest BCUT2D eigenvalue weighted by Crippen LogP contribution is -2.36.